The fourth-order valence-corrected chi connectivity index (χ4v) is 3.99. The fraction of sp³-hybridized carbons (Fsp3) is 0.0690. The average molecular weight is 479 g/mol. The van der Waals surface area contributed by atoms with Gasteiger partial charge in [0.1, 0.15) is 6.54 Å². The minimum atomic E-state index is -0.942. The number of nitrogens with zero attached hydrogens (tertiary/aromatic N) is 3. The molecule has 5 aromatic rings. The second-order valence-electron chi connectivity index (χ2n) is 7.90. The Kier molecular flexibility index (Phi) is 7.11. The van der Waals surface area contributed by atoms with Crippen molar-refractivity contribution >= 4 is 11.7 Å². The Bertz CT molecular complexity index is 1540. The standard InChI is InChI=1S/C28H22N4O3.CH4/c33-26(34)19-29-22-13-9-12-21(18-22)24-16-7-8-17-25(24)32-28(35)31(23-14-5-2-6-15-23)27(30-32)20-10-3-1-4-11-20;/h1-18,29H,19H2,(H,33,34);1H4. The number of hydrogen-bond donors (Lipinski definition) is 2. The Balaban J connectivity index is 0.00000304. The predicted molar refractivity (Wildman–Crippen MR) is 143 cm³/mol. The molecule has 4 aromatic carbocycles. The van der Waals surface area contributed by atoms with E-state index < -0.39 is 5.97 Å². The minimum absolute atomic E-state index is 0. The third-order valence-corrected chi connectivity index (χ3v) is 5.57. The molecular weight excluding hydrogens is 452 g/mol. The van der Waals surface area contributed by atoms with E-state index in [9.17, 15) is 9.59 Å². The smallest absolute Gasteiger partial charge is 0.355 e. The summed E-state index contributed by atoms with van der Waals surface area (Å²) in [5.41, 5.74) is 4.18. The van der Waals surface area contributed by atoms with Crippen molar-refractivity contribution in [2.45, 2.75) is 7.43 Å². The second-order valence-corrected chi connectivity index (χ2v) is 7.90. The molecule has 7 nitrogen and oxygen atoms in total. The van der Waals surface area contributed by atoms with E-state index >= 15 is 0 Å². The number of rotatable bonds is 7. The van der Waals surface area contributed by atoms with Gasteiger partial charge < -0.3 is 10.4 Å². The van der Waals surface area contributed by atoms with Gasteiger partial charge in [-0.3, -0.25) is 4.79 Å². The molecule has 0 spiro atoms. The molecule has 0 bridgehead atoms. The molecule has 0 aliphatic heterocycles. The van der Waals surface area contributed by atoms with Gasteiger partial charge in [-0.1, -0.05) is 86.3 Å². The van der Waals surface area contributed by atoms with E-state index in [0.29, 0.717) is 17.2 Å². The third-order valence-electron chi connectivity index (χ3n) is 5.57. The summed E-state index contributed by atoms with van der Waals surface area (Å²) >= 11 is 0. The summed E-state index contributed by atoms with van der Waals surface area (Å²) in [4.78, 5) is 24.7. The highest BCUT2D eigenvalue weighted by molar-refractivity contribution is 5.77. The van der Waals surface area contributed by atoms with Gasteiger partial charge in [0.2, 0.25) is 0 Å². The van der Waals surface area contributed by atoms with Crippen molar-refractivity contribution in [1.82, 2.24) is 14.3 Å². The fourth-order valence-electron chi connectivity index (χ4n) is 3.99. The van der Waals surface area contributed by atoms with Gasteiger partial charge in [0.05, 0.1) is 11.4 Å². The summed E-state index contributed by atoms with van der Waals surface area (Å²) in [6.07, 6.45) is 0. The quantitative estimate of drug-likeness (QED) is 0.323. The van der Waals surface area contributed by atoms with Crippen LogP contribution in [0.3, 0.4) is 0 Å². The molecule has 0 amide bonds. The lowest BCUT2D eigenvalue weighted by Crippen LogP contribution is -2.23. The van der Waals surface area contributed by atoms with Gasteiger partial charge >= 0.3 is 11.7 Å². The van der Waals surface area contributed by atoms with E-state index in [1.807, 2.05) is 103 Å². The maximum atomic E-state index is 13.8. The van der Waals surface area contributed by atoms with Crippen molar-refractivity contribution in [3.05, 3.63) is 120 Å². The first-order chi connectivity index (χ1) is 17.1. The lowest BCUT2D eigenvalue weighted by atomic mass is 10.0. The first-order valence-corrected chi connectivity index (χ1v) is 11.1. The Morgan fingerprint density at radius 1 is 0.806 bits per heavy atom. The molecule has 0 radical (unpaired) electrons. The van der Waals surface area contributed by atoms with Gasteiger partial charge in [-0.25, -0.2) is 9.36 Å². The number of carbonyl (C=O) groups is 1. The number of carboxylic acids is 1. The van der Waals surface area contributed by atoms with Crippen molar-refractivity contribution in [3.63, 3.8) is 0 Å². The van der Waals surface area contributed by atoms with Crippen LogP contribution in [-0.4, -0.2) is 32.0 Å². The van der Waals surface area contributed by atoms with Gasteiger partial charge in [0.25, 0.3) is 0 Å². The molecule has 0 fully saturated rings. The maximum Gasteiger partial charge on any atom is 0.355 e. The highest BCUT2D eigenvalue weighted by Gasteiger charge is 2.19. The topological polar surface area (TPSA) is 89.2 Å². The number of hydrogen-bond acceptors (Lipinski definition) is 4. The van der Waals surface area contributed by atoms with Gasteiger partial charge in [-0.2, -0.15) is 4.68 Å². The zero-order chi connectivity index (χ0) is 24.2. The maximum absolute atomic E-state index is 13.8. The van der Waals surface area contributed by atoms with Crippen LogP contribution >= 0.6 is 0 Å². The number of aromatic nitrogens is 3. The van der Waals surface area contributed by atoms with E-state index in [2.05, 4.69) is 5.32 Å². The zero-order valence-electron chi connectivity index (χ0n) is 18.7. The Morgan fingerprint density at radius 3 is 2.17 bits per heavy atom. The molecule has 180 valence electrons. The molecular formula is C29H26N4O3. The zero-order valence-corrected chi connectivity index (χ0v) is 18.7. The van der Waals surface area contributed by atoms with Crippen molar-refractivity contribution in [1.29, 1.82) is 0 Å². The van der Waals surface area contributed by atoms with E-state index in [0.717, 1.165) is 22.4 Å². The Morgan fingerprint density at radius 2 is 1.44 bits per heavy atom. The van der Waals surface area contributed by atoms with Crippen LogP contribution < -0.4 is 11.0 Å². The normalized spacial score (nSPS) is 10.4. The number of carboxylic acid groups (broad SMARTS) is 1. The molecule has 0 aliphatic carbocycles. The number of nitrogens with one attached hydrogen (secondary N) is 1. The van der Waals surface area contributed by atoms with Gasteiger partial charge in [0.15, 0.2) is 5.82 Å². The van der Waals surface area contributed by atoms with Crippen LogP contribution in [0.4, 0.5) is 5.69 Å². The molecule has 7 heteroatoms. The van der Waals surface area contributed by atoms with Crippen molar-refractivity contribution < 1.29 is 9.90 Å². The molecule has 0 saturated heterocycles. The van der Waals surface area contributed by atoms with Crippen molar-refractivity contribution in [2.24, 2.45) is 0 Å². The van der Waals surface area contributed by atoms with Crippen LogP contribution in [0.1, 0.15) is 7.43 Å². The average Bonchev–Trinajstić information content (AvgIpc) is 3.25. The molecule has 1 aromatic heterocycles. The summed E-state index contributed by atoms with van der Waals surface area (Å²) in [5.74, 6) is -0.407. The molecule has 5 rings (SSSR count). The number of anilines is 1. The SMILES string of the molecule is C.O=C(O)CNc1cccc(-c2ccccc2-n2nc(-c3ccccc3)n(-c3ccccc3)c2=O)c1. The largest absolute Gasteiger partial charge is 0.480 e. The Hall–Kier alpha value is -4.91. The van der Waals surface area contributed by atoms with Crippen molar-refractivity contribution in [3.8, 4) is 33.9 Å². The number of aliphatic carboxylic acids is 1. The van der Waals surface area contributed by atoms with E-state index in [1.165, 1.54) is 4.68 Å². The molecule has 0 aliphatic rings. The number of benzene rings is 4. The van der Waals surface area contributed by atoms with E-state index in [-0.39, 0.29) is 19.7 Å². The first-order valence-electron chi connectivity index (χ1n) is 11.1. The second kappa shape index (κ2) is 10.6. The summed E-state index contributed by atoms with van der Waals surface area (Å²) in [7, 11) is 0. The molecule has 0 atom stereocenters. The molecule has 1 heterocycles. The summed E-state index contributed by atoms with van der Waals surface area (Å²) in [6, 6.07) is 34.0. The minimum Gasteiger partial charge on any atom is -0.480 e. The predicted octanol–water partition coefficient (Wildman–Crippen LogP) is 5.49. The number of para-hydroxylation sites is 2. The molecule has 2 N–H and O–H groups in total. The highest BCUT2D eigenvalue weighted by Crippen LogP contribution is 2.29. The monoisotopic (exact) mass is 478 g/mol. The van der Waals surface area contributed by atoms with Crippen LogP contribution in [0, 0.1) is 0 Å². The van der Waals surface area contributed by atoms with Gasteiger partial charge in [0, 0.05) is 16.8 Å². The molecule has 0 saturated carbocycles. The van der Waals surface area contributed by atoms with Crippen LogP contribution in [0.15, 0.2) is 114 Å². The summed E-state index contributed by atoms with van der Waals surface area (Å²) in [6.45, 7) is -0.188. The highest BCUT2D eigenvalue weighted by atomic mass is 16.4. The lowest BCUT2D eigenvalue weighted by Gasteiger charge is -2.11. The summed E-state index contributed by atoms with van der Waals surface area (Å²) in [5, 5.41) is 16.7. The Labute approximate surface area is 208 Å². The van der Waals surface area contributed by atoms with Crippen LogP contribution in [0.25, 0.3) is 33.9 Å². The van der Waals surface area contributed by atoms with Crippen molar-refractivity contribution in [2.75, 3.05) is 11.9 Å². The molecule has 36 heavy (non-hydrogen) atoms. The van der Waals surface area contributed by atoms with Gasteiger partial charge in [-0.15, -0.1) is 5.10 Å². The van der Waals surface area contributed by atoms with E-state index in [4.69, 9.17) is 10.2 Å². The van der Waals surface area contributed by atoms with Crippen LogP contribution in [-0.2, 0) is 4.79 Å². The summed E-state index contributed by atoms with van der Waals surface area (Å²) < 4.78 is 3.03. The third kappa shape index (κ3) is 4.81. The molecule has 0 unspecified atom stereocenters. The van der Waals surface area contributed by atoms with Gasteiger partial charge in [-0.05, 0) is 35.9 Å². The van der Waals surface area contributed by atoms with Crippen LogP contribution in [0.5, 0.6) is 0 Å². The van der Waals surface area contributed by atoms with Crippen LogP contribution in [0.2, 0.25) is 0 Å². The lowest BCUT2D eigenvalue weighted by molar-refractivity contribution is -0.134. The van der Waals surface area contributed by atoms with E-state index in [1.54, 1.807) is 10.6 Å². The first kappa shape index (κ1) is 24.2.